The summed E-state index contributed by atoms with van der Waals surface area (Å²) in [6, 6.07) is 0. The van der Waals surface area contributed by atoms with Gasteiger partial charge in [0.1, 0.15) is 13.2 Å². The fourth-order valence-electron chi connectivity index (χ4n) is 10.3. The number of likely N-dealkylation sites (N-methyl/N-ethyl adjacent to an activating group) is 1. The van der Waals surface area contributed by atoms with Crippen LogP contribution < -0.4 is 0 Å². The summed E-state index contributed by atoms with van der Waals surface area (Å²) in [7, 11) is 5.98. The first kappa shape index (κ1) is 73.3. The first-order valence-corrected chi connectivity index (χ1v) is 33.2. The van der Waals surface area contributed by atoms with Crippen LogP contribution in [-0.2, 0) is 33.3 Å². The van der Waals surface area contributed by atoms with Crippen LogP contribution in [0.15, 0.2) is 0 Å². The Morgan fingerprint density at radius 1 is 0.347 bits per heavy atom. The zero-order chi connectivity index (χ0) is 54.8. The van der Waals surface area contributed by atoms with Gasteiger partial charge in [0.2, 0.25) is 0 Å². The number of ether oxygens (including phenoxy) is 4. The van der Waals surface area contributed by atoms with Gasteiger partial charge in [0.25, 0.3) is 6.29 Å². The van der Waals surface area contributed by atoms with Gasteiger partial charge in [-0.15, -0.1) is 0 Å². The molecule has 0 saturated carbocycles. The van der Waals surface area contributed by atoms with Crippen LogP contribution in [0.2, 0.25) is 0 Å². The number of carbonyl (C=O) groups is 3. The number of hydrogen-bond donors (Lipinski definition) is 1. The molecule has 0 aliphatic carbocycles. The summed E-state index contributed by atoms with van der Waals surface area (Å²) in [5.74, 6) is -1.98. The number of carboxylic acid groups (broad SMARTS) is 1. The Labute approximate surface area is 466 Å². The average Bonchev–Trinajstić information content (AvgIpc) is 3.38. The summed E-state index contributed by atoms with van der Waals surface area (Å²) >= 11 is 0. The van der Waals surface area contributed by atoms with Gasteiger partial charge < -0.3 is 28.5 Å². The molecular formula is C66H130NO8+. The van der Waals surface area contributed by atoms with Crippen LogP contribution in [0.3, 0.4) is 0 Å². The summed E-state index contributed by atoms with van der Waals surface area (Å²) < 4.78 is 22.9. The lowest BCUT2D eigenvalue weighted by atomic mass is 10.0. The van der Waals surface area contributed by atoms with E-state index in [1.165, 1.54) is 283 Å². The van der Waals surface area contributed by atoms with Gasteiger partial charge >= 0.3 is 17.9 Å². The molecule has 2 atom stereocenters. The molecule has 0 heterocycles. The highest BCUT2D eigenvalue weighted by Gasteiger charge is 2.25. The molecule has 0 radical (unpaired) electrons. The van der Waals surface area contributed by atoms with Gasteiger partial charge in [-0.3, -0.25) is 9.59 Å². The standard InChI is InChI=1S/C66H129NO8/c1-6-8-10-12-14-16-18-19-20-21-22-23-24-25-26-27-28-29-30-31-32-33-34-35-36-37-38-39-40-41-42-43-44-45-47-49-51-53-55-57-64(69)75-62(61-74-66(65(70)71)72-59-58-67(3,4)5)60-73-63(68)56-54-52-50-48-46-17-15-13-11-9-7-2/h62,66H,6-61H2,1-5H3/p+1. The van der Waals surface area contributed by atoms with E-state index in [4.69, 9.17) is 18.9 Å². The van der Waals surface area contributed by atoms with Crippen molar-refractivity contribution in [3.8, 4) is 0 Å². The van der Waals surface area contributed by atoms with E-state index in [1.54, 1.807) is 0 Å². The molecule has 0 aliphatic heterocycles. The molecular weight excluding hydrogens is 935 g/mol. The van der Waals surface area contributed by atoms with E-state index in [9.17, 15) is 19.5 Å². The van der Waals surface area contributed by atoms with Crippen LogP contribution in [0.1, 0.15) is 348 Å². The summed E-state index contributed by atoms with van der Waals surface area (Å²) in [4.78, 5) is 37.3. The lowest BCUT2D eigenvalue weighted by Gasteiger charge is -2.25. The minimum absolute atomic E-state index is 0.173. The number of carbonyl (C=O) groups excluding carboxylic acids is 2. The van der Waals surface area contributed by atoms with Gasteiger partial charge in [-0.05, 0) is 12.8 Å². The number of unbranched alkanes of at least 4 members (excludes halogenated alkanes) is 48. The van der Waals surface area contributed by atoms with Crippen LogP contribution in [0, 0.1) is 0 Å². The molecule has 0 bridgehead atoms. The minimum atomic E-state index is -1.50. The largest absolute Gasteiger partial charge is 0.477 e. The maximum atomic E-state index is 12.9. The number of nitrogens with zero attached hydrogens (tertiary/aromatic N) is 1. The Morgan fingerprint density at radius 3 is 0.853 bits per heavy atom. The second-order valence-corrected chi connectivity index (χ2v) is 24.2. The number of rotatable bonds is 63. The van der Waals surface area contributed by atoms with Gasteiger partial charge in [0.05, 0.1) is 34.4 Å². The fraction of sp³-hybridized carbons (Fsp3) is 0.955. The highest BCUT2D eigenvalue weighted by Crippen LogP contribution is 2.19. The van der Waals surface area contributed by atoms with Crippen molar-refractivity contribution in [3.05, 3.63) is 0 Å². The number of hydrogen-bond acceptors (Lipinski definition) is 7. The van der Waals surface area contributed by atoms with Crippen LogP contribution in [-0.4, -0.2) is 87.4 Å². The zero-order valence-electron chi connectivity index (χ0n) is 51.0. The van der Waals surface area contributed by atoms with Crippen molar-refractivity contribution in [1.82, 2.24) is 0 Å². The Balaban J connectivity index is 3.84. The molecule has 0 aromatic carbocycles. The molecule has 9 heteroatoms. The molecule has 2 unspecified atom stereocenters. The van der Waals surface area contributed by atoms with Crippen molar-refractivity contribution in [3.63, 3.8) is 0 Å². The molecule has 0 aromatic rings. The van der Waals surface area contributed by atoms with E-state index in [-0.39, 0.29) is 38.2 Å². The van der Waals surface area contributed by atoms with Crippen LogP contribution in [0.5, 0.6) is 0 Å². The van der Waals surface area contributed by atoms with E-state index in [2.05, 4.69) is 13.8 Å². The Kier molecular flexibility index (Phi) is 57.1. The van der Waals surface area contributed by atoms with Gasteiger partial charge in [0, 0.05) is 12.8 Å². The maximum absolute atomic E-state index is 12.9. The van der Waals surface area contributed by atoms with Gasteiger partial charge in [-0.1, -0.05) is 322 Å². The van der Waals surface area contributed by atoms with Crippen molar-refractivity contribution in [2.24, 2.45) is 0 Å². The smallest absolute Gasteiger partial charge is 0.361 e. The molecule has 0 amide bonds. The molecule has 1 N–H and O–H groups in total. The summed E-state index contributed by atoms with van der Waals surface area (Å²) in [5, 5.41) is 9.69. The van der Waals surface area contributed by atoms with Crippen molar-refractivity contribution in [2.75, 3.05) is 47.5 Å². The number of carboxylic acids is 1. The van der Waals surface area contributed by atoms with E-state index in [1.807, 2.05) is 21.1 Å². The second-order valence-electron chi connectivity index (χ2n) is 24.2. The third-order valence-corrected chi connectivity index (χ3v) is 15.4. The van der Waals surface area contributed by atoms with E-state index in [0.717, 1.165) is 38.5 Å². The molecule has 0 spiro atoms. The number of esters is 2. The summed E-state index contributed by atoms with van der Waals surface area (Å²) in [6.45, 7) is 4.93. The van der Waals surface area contributed by atoms with Gasteiger partial charge in [-0.25, -0.2) is 4.79 Å². The molecule has 446 valence electrons. The molecule has 0 aliphatic rings. The highest BCUT2D eigenvalue weighted by molar-refractivity contribution is 5.71. The third kappa shape index (κ3) is 59.8. The highest BCUT2D eigenvalue weighted by atomic mass is 16.7. The first-order valence-electron chi connectivity index (χ1n) is 33.2. The van der Waals surface area contributed by atoms with E-state index in [0.29, 0.717) is 17.4 Å². The van der Waals surface area contributed by atoms with E-state index < -0.39 is 18.4 Å². The van der Waals surface area contributed by atoms with Crippen molar-refractivity contribution in [1.29, 1.82) is 0 Å². The Bertz CT molecular complexity index is 1190. The maximum Gasteiger partial charge on any atom is 0.361 e. The van der Waals surface area contributed by atoms with Crippen molar-refractivity contribution >= 4 is 17.9 Å². The predicted molar refractivity (Wildman–Crippen MR) is 318 cm³/mol. The Morgan fingerprint density at radius 2 is 0.600 bits per heavy atom. The summed E-state index contributed by atoms with van der Waals surface area (Å²) in [5.41, 5.74) is 0. The van der Waals surface area contributed by atoms with Crippen LogP contribution in [0.25, 0.3) is 0 Å². The molecule has 0 aromatic heterocycles. The molecule has 75 heavy (non-hydrogen) atoms. The fourth-order valence-corrected chi connectivity index (χ4v) is 10.3. The monoisotopic (exact) mass is 1060 g/mol. The third-order valence-electron chi connectivity index (χ3n) is 15.4. The zero-order valence-corrected chi connectivity index (χ0v) is 51.0. The van der Waals surface area contributed by atoms with Crippen LogP contribution >= 0.6 is 0 Å². The second kappa shape index (κ2) is 58.4. The molecule has 9 nitrogen and oxygen atoms in total. The average molecular weight is 1070 g/mol. The van der Waals surface area contributed by atoms with E-state index >= 15 is 0 Å². The lowest BCUT2D eigenvalue weighted by molar-refractivity contribution is -0.870. The van der Waals surface area contributed by atoms with Gasteiger partial charge in [0.15, 0.2) is 6.10 Å². The Hall–Kier alpha value is -1.71. The minimum Gasteiger partial charge on any atom is -0.477 e. The number of aliphatic carboxylic acids is 1. The summed E-state index contributed by atoms with van der Waals surface area (Å²) in [6.07, 6.45) is 65.4. The predicted octanol–water partition coefficient (Wildman–Crippen LogP) is 19.9. The van der Waals surface area contributed by atoms with Crippen LogP contribution in [0.4, 0.5) is 0 Å². The first-order chi connectivity index (χ1) is 36.6. The quantitative estimate of drug-likeness (QED) is 0.0278. The molecule has 0 saturated heterocycles. The topological polar surface area (TPSA) is 108 Å². The van der Waals surface area contributed by atoms with Crippen molar-refractivity contribution < 1.29 is 42.9 Å². The molecule has 0 fully saturated rings. The lowest BCUT2D eigenvalue weighted by Crippen LogP contribution is -2.40. The number of quaternary nitrogens is 1. The molecule has 0 rings (SSSR count). The SMILES string of the molecule is CCCCCCCCCCCCCCCCCCCCCCCCCCCCCCCCCCCCCCCCCC(=O)OC(COC(=O)CCCCCCCCCCCCC)COC(OCC[N+](C)(C)C)C(=O)O. The normalized spacial score (nSPS) is 12.6. The van der Waals surface area contributed by atoms with Crippen molar-refractivity contribution in [2.45, 2.75) is 360 Å². The van der Waals surface area contributed by atoms with Gasteiger partial charge in [-0.2, -0.15) is 0 Å².